The Bertz CT molecular complexity index is 702. The van der Waals surface area contributed by atoms with Crippen LogP contribution in [0.25, 0.3) is 0 Å². The Morgan fingerprint density at radius 3 is 2.29 bits per heavy atom. The number of hydrogen-bond donors (Lipinski definition) is 1. The van der Waals surface area contributed by atoms with Crippen molar-refractivity contribution in [3.63, 3.8) is 0 Å². The van der Waals surface area contributed by atoms with E-state index in [0.717, 1.165) is 10.5 Å². The molecule has 0 unspecified atom stereocenters. The summed E-state index contributed by atoms with van der Waals surface area (Å²) in [5, 5.41) is 0. The van der Waals surface area contributed by atoms with Gasteiger partial charge < -0.3 is 10.6 Å². The van der Waals surface area contributed by atoms with E-state index in [2.05, 4.69) is 0 Å². The van der Waals surface area contributed by atoms with E-state index in [1.165, 1.54) is 40.9 Å². The van der Waals surface area contributed by atoms with Crippen LogP contribution in [0.15, 0.2) is 53.4 Å². The van der Waals surface area contributed by atoms with Crippen molar-refractivity contribution in [2.45, 2.75) is 18.2 Å². The minimum Gasteiger partial charge on any atom is -0.370 e. The molecule has 0 aliphatic carbocycles. The Morgan fingerprint density at radius 2 is 1.71 bits per heavy atom. The van der Waals surface area contributed by atoms with Crippen LogP contribution in [0.3, 0.4) is 0 Å². The summed E-state index contributed by atoms with van der Waals surface area (Å²) in [4.78, 5) is 26.0. The number of carbonyl (C=O) groups excluding carboxylic acids is 2. The Hall–Kier alpha value is -2.34. The fourth-order valence-corrected chi connectivity index (χ4v) is 2.87. The van der Waals surface area contributed by atoms with Crippen molar-refractivity contribution in [3.8, 4) is 0 Å². The topological polar surface area (TPSA) is 63.4 Å². The molecule has 0 aromatic heterocycles. The van der Waals surface area contributed by atoms with Crippen molar-refractivity contribution < 1.29 is 14.0 Å². The zero-order chi connectivity index (χ0) is 17.5. The summed E-state index contributed by atoms with van der Waals surface area (Å²) in [5.74, 6) is -0.802. The number of nitrogens with two attached hydrogens (primary N) is 1. The molecule has 2 N–H and O–H groups in total. The summed E-state index contributed by atoms with van der Waals surface area (Å²) in [6.07, 6.45) is 0.0539. The van der Waals surface area contributed by atoms with E-state index in [1.54, 1.807) is 0 Å². The number of amides is 2. The van der Waals surface area contributed by atoms with Crippen LogP contribution in [-0.4, -0.2) is 24.1 Å². The first-order valence-corrected chi connectivity index (χ1v) is 8.48. The van der Waals surface area contributed by atoms with Gasteiger partial charge >= 0.3 is 0 Å². The summed E-state index contributed by atoms with van der Waals surface area (Å²) < 4.78 is 13.1. The monoisotopic (exact) mass is 346 g/mol. The van der Waals surface area contributed by atoms with Crippen molar-refractivity contribution in [3.05, 3.63) is 59.9 Å². The molecule has 126 valence electrons. The Morgan fingerprint density at radius 1 is 1.08 bits per heavy atom. The summed E-state index contributed by atoms with van der Waals surface area (Å²) in [5.41, 5.74) is 6.88. The quantitative estimate of drug-likeness (QED) is 0.784. The van der Waals surface area contributed by atoms with Gasteiger partial charge in [0.1, 0.15) is 5.82 Å². The van der Waals surface area contributed by atoms with Crippen molar-refractivity contribution in [2.75, 3.05) is 17.2 Å². The van der Waals surface area contributed by atoms with Crippen LogP contribution < -0.4 is 10.6 Å². The molecule has 0 saturated carbocycles. The molecule has 0 spiro atoms. The zero-order valence-electron chi connectivity index (χ0n) is 13.4. The second-order valence-corrected chi connectivity index (χ2v) is 6.39. The number of carbonyl (C=O) groups is 2. The number of thioether (sulfide) groups is 1. The molecule has 0 bridgehead atoms. The molecule has 0 atom stereocenters. The third-order valence-electron chi connectivity index (χ3n) is 3.40. The largest absolute Gasteiger partial charge is 0.370 e. The van der Waals surface area contributed by atoms with Gasteiger partial charge in [-0.3, -0.25) is 9.59 Å². The van der Waals surface area contributed by atoms with E-state index >= 15 is 0 Å². The highest BCUT2D eigenvalue weighted by molar-refractivity contribution is 8.00. The number of nitrogens with zero attached hydrogens (tertiary/aromatic N) is 1. The highest BCUT2D eigenvalue weighted by Gasteiger charge is 2.17. The van der Waals surface area contributed by atoms with Crippen molar-refractivity contribution in [1.82, 2.24) is 0 Å². The lowest BCUT2D eigenvalue weighted by atomic mass is 10.2. The number of primary amides is 1. The van der Waals surface area contributed by atoms with Crippen LogP contribution in [0.5, 0.6) is 0 Å². The van der Waals surface area contributed by atoms with Gasteiger partial charge in [0.25, 0.3) is 0 Å². The van der Waals surface area contributed by atoms with Gasteiger partial charge in [0, 0.05) is 23.5 Å². The molecule has 6 heteroatoms. The molecule has 2 aromatic rings. The van der Waals surface area contributed by atoms with E-state index in [1.807, 2.05) is 31.2 Å². The molecule has 2 amide bonds. The lowest BCUT2D eigenvalue weighted by Gasteiger charge is -2.22. The molecular formula is C18H19FN2O2S. The van der Waals surface area contributed by atoms with Crippen molar-refractivity contribution in [2.24, 2.45) is 5.73 Å². The minimum atomic E-state index is -0.485. The zero-order valence-corrected chi connectivity index (χ0v) is 14.2. The van der Waals surface area contributed by atoms with Gasteiger partial charge in [0.05, 0.1) is 5.75 Å². The third-order valence-corrected chi connectivity index (χ3v) is 4.40. The average molecular weight is 346 g/mol. The molecule has 0 saturated heterocycles. The minimum absolute atomic E-state index is 0.0539. The first kappa shape index (κ1) is 18.0. The van der Waals surface area contributed by atoms with E-state index in [4.69, 9.17) is 5.73 Å². The molecular weight excluding hydrogens is 327 g/mol. The van der Waals surface area contributed by atoms with Crippen LogP contribution in [0.1, 0.15) is 12.0 Å². The molecule has 0 heterocycles. The first-order valence-electron chi connectivity index (χ1n) is 7.49. The van der Waals surface area contributed by atoms with Gasteiger partial charge in [-0.1, -0.05) is 17.7 Å². The fourth-order valence-electron chi connectivity index (χ4n) is 2.10. The molecule has 24 heavy (non-hydrogen) atoms. The Balaban J connectivity index is 2.07. The summed E-state index contributed by atoms with van der Waals surface area (Å²) >= 11 is 1.42. The summed E-state index contributed by atoms with van der Waals surface area (Å²) in [6.45, 7) is 2.17. The SMILES string of the molecule is Cc1ccc(SCC(=O)N(CCC(N)=O)c2ccc(F)cc2)cc1. The molecule has 0 fully saturated rings. The average Bonchev–Trinajstić information content (AvgIpc) is 2.56. The fraction of sp³-hybridized carbons (Fsp3) is 0.222. The van der Waals surface area contributed by atoms with Crippen LogP contribution >= 0.6 is 11.8 Å². The number of anilines is 1. The third kappa shape index (κ3) is 5.38. The van der Waals surface area contributed by atoms with Gasteiger partial charge in [-0.25, -0.2) is 4.39 Å². The number of hydrogen-bond acceptors (Lipinski definition) is 3. The highest BCUT2D eigenvalue weighted by Crippen LogP contribution is 2.21. The van der Waals surface area contributed by atoms with Gasteiger partial charge in [-0.05, 0) is 43.3 Å². The first-order chi connectivity index (χ1) is 11.5. The highest BCUT2D eigenvalue weighted by atomic mass is 32.2. The molecule has 0 aliphatic rings. The van der Waals surface area contributed by atoms with E-state index in [0.29, 0.717) is 5.69 Å². The van der Waals surface area contributed by atoms with Crippen LogP contribution in [-0.2, 0) is 9.59 Å². The van der Waals surface area contributed by atoms with E-state index < -0.39 is 5.91 Å². The number of aryl methyl sites for hydroxylation is 1. The van der Waals surface area contributed by atoms with Gasteiger partial charge in [-0.15, -0.1) is 11.8 Å². The summed E-state index contributed by atoms with van der Waals surface area (Å²) in [6, 6.07) is 13.5. The normalized spacial score (nSPS) is 10.4. The number of benzene rings is 2. The standard InChI is InChI=1S/C18H19FN2O2S/c1-13-2-8-16(9-3-13)24-12-18(23)21(11-10-17(20)22)15-6-4-14(19)5-7-15/h2-9H,10-12H2,1H3,(H2,20,22). The maximum Gasteiger partial charge on any atom is 0.237 e. The molecule has 0 radical (unpaired) electrons. The van der Waals surface area contributed by atoms with Crippen molar-refractivity contribution in [1.29, 1.82) is 0 Å². The van der Waals surface area contributed by atoms with Gasteiger partial charge in [-0.2, -0.15) is 0 Å². The Labute approximate surface area is 144 Å². The lowest BCUT2D eigenvalue weighted by molar-refractivity contribution is -0.118. The molecule has 0 aliphatic heterocycles. The molecule has 2 rings (SSSR count). The van der Waals surface area contributed by atoms with Gasteiger partial charge in [0.2, 0.25) is 11.8 Å². The van der Waals surface area contributed by atoms with E-state index in [-0.39, 0.29) is 30.4 Å². The van der Waals surface area contributed by atoms with Crippen LogP contribution in [0.2, 0.25) is 0 Å². The second kappa shape index (κ2) is 8.49. The van der Waals surface area contributed by atoms with Crippen LogP contribution in [0, 0.1) is 12.7 Å². The number of halogens is 1. The maximum absolute atomic E-state index is 13.1. The summed E-state index contributed by atoms with van der Waals surface area (Å²) in [7, 11) is 0. The van der Waals surface area contributed by atoms with Crippen LogP contribution in [0.4, 0.5) is 10.1 Å². The van der Waals surface area contributed by atoms with E-state index in [9.17, 15) is 14.0 Å². The predicted molar refractivity (Wildman–Crippen MR) is 94.5 cm³/mol. The molecule has 4 nitrogen and oxygen atoms in total. The van der Waals surface area contributed by atoms with Gasteiger partial charge in [0.15, 0.2) is 0 Å². The smallest absolute Gasteiger partial charge is 0.237 e. The predicted octanol–water partition coefficient (Wildman–Crippen LogP) is 3.13. The maximum atomic E-state index is 13.1. The number of rotatable bonds is 7. The lowest BCUT2D eigenvalue weighted by Crippen LogP contribution is -2.35. The molecule has 2 aromatic carbocycles. The van der Waals surface area contributed by atoms with Crippen molar-refractivity contribution >= 4 is 29.3 Å². The Kier molecular flexibility index (Phi) is 6.37. The second-order valence-electron chi connectivity index (χ2n) is 5.34.